The van der Waals surface area contributed by atoms with Crippen LogP contribution in [0.25, 0.3) is 6.08 Å². The predicted molar refractivity (Wildman–Crippen MR) is 149 cm³/mol. The van der Waals surface area contributed by atoms with Crippen molar-refractivity contribution in [2.45, 2.75) is 20.8 Å². The second-order valence-electron chi connectivity index (χ2n) is 8.18. The summed E-state index contributed by atoms with van der Waals surface area (Å²) in [5.74, 6) is -0.0414. The number of amides is 2. The van der Waals surface area contributed by atoms with Gasteiger partial charge in [-0.1, -0.05) is 29.8 Å². The minimum absolute atomic E-state index is 0.0565. The lowest BCUT2D eigenvalue weighted by Crippen LogP contribution is -2.20. The van der Waals surface area contributed by atoms with Gasteiger partial charge in [-0.2, -0.15) is 5.26 Å². The molecule has 0 atom stereocenters. The van der Waals surface area contributed by atoms with E-state index in [9.17, 15) is 14.9 Å². The van der Waals surface area contributed by atoms with Crippen LogP contribution in [0.3, 0.4) is 0 Å². The van der Waals surface area contributed by atoms with E-state index in [-0.39, 0.29) is 18.1 Å². The van der Waals surface area contributed by atoms with E-state index in [0.29, 0.717) is 32.0 Å². The number of benzene rings is 3. The van der Waals surface area contributed by atoms with Gasteiger partial charge in [0.25, 0.3) is 11.8 Å². The number of ether oxygens (including phenoxy) is 2. The van der Waals surface area contributed by atoms with Crippen molar-refractivity contribution >= 4 is 51.9 Å². The van der Waals surface area contributed by atoms with Crippen LogP contribution in [0.4, 0.5) is 11.4 Å². The Balaban J connectivity index is 1.75. The summed E-state index contributed by atoms with van der Waals surface area (Å²) in [4.78, 5) is 25.1. The van der Waals surface area contributed by atoms with Gasteiger partial charge in [-0.05, 0) is 96.5 Å². The average molecular weight is 595 g/mol. The molecule has 0 saturated heterocycles. The Bertz CT molecular complexity index is 1380. The first-order valence-corrected chi connectivity index (χ1v) is 12.1. The SMILES string of the molecule is COc1cc(/C=C(\C#N)C(=O)Nc2ccc(C)cc2C)cc(I)c1OCC(=O)Nc1cccc(C)c1. The van der Waals surface area contributed by atoms with E-state index >= 15 is 0 Å². The van der Waals surface area contributed by atoms with Gasteiger partial charge in [-0.3, -0.25) is 9.59 Å². The van der Waals surface area contributed by atoms with Crippen molar-refractivity contribution in [3.63, 3.8) is 0 Å². The standard InChI is InChI=1S/C28H26IN3O4/c1-17-6-5-7-22(11-17)31-26(33)16-36-27-23(29)13-20(14-25(27)35-4)12-21(15-30)28(34)32-24-9-8-18(2)10-19(24)3/h5-14H,16H2,1-4H3,(H,31,33)(H,32,34)/b21-12+. The van der Waals surface area contributed by atoms with Crippen LogP contribution in [0.2, 0.25) is 0 Å². The Hall–Kier alpha value is -3.84. The number of halogens is 1. The molecule has 0 aromatic heterocycles. The topological polar surface area (TPSA) is 100 Å². The molecule has 36 heavy (non-hydrogen) atoms. The van der Waals surface area contributed by atoms with Crippen LogP contribution in [0.5, 0.6) is 11.5 Å². The van der Waals surface area contributed by atoms with Crippen molar-refractivity contribution in [3.05, 3.63) is 86.0 Å². The van der Waals surface area contributed by atoms with Gasteiger partial charge >= 0.3 is 0 Å². The highest BCUT2D eigenvalue weighted by atomic mass is 127. The van der Waals surface area contributed by atoms with Crippen LogP contribution in [0.1, 0.15) is 22.3 Å². The number of carbonyl (C=O) groups excluding carboxylic acids is 2. The molecule has 184 valence electrons. The largest absolute Gasteiger partial charge is 0.493 e. The molecule has 8 heteroatoms. The number of rotatable bonds is 8. The Morgan fingerprint density at radius 1 is 1.03 bits per heavy atom. The van der Waals surface area contributed by atoms with Gasteiger partial charge in [-0.25, -0.2) is 0 Å². The van der Waals surface area contributed by atoms with Crippen molar-refractivity contribution in [1.82, 2.24) is 0 Å². The van der Waals surface area contributed by atoms with Crippen molar-refractivity contribution in [2.24, 2.45) is 0 Å². The summed E-state index contributed by atoms with van der Waals surface area (Å²) in [5.41, 5.74) is 4.88. The highest BCUT2D eigenvalue weighted by Crippen LogP contribution is 2.34. The predicted octanol–water partition coefficient (Wildman–Crippen LogP) is 5.79. The molecule has 0 aliphatic carbocycles. The molecule has 3 aromatic carbocycles. The summed E-state index contributed by atoms with van der Waals surface area (Å²) in [7, 11) is 1.48. The Morgan fingerprint density at radius 2 is 1.78 bits per heavy atom. The molecule has 0 aliphatic heterocycles. The normalized spacial score (nSPS) is 10.8. The van der Waals surface area contributed by atoms with E-state index in [2.05, 4.69) is 33.2 Å². The van der Waals surface area contributed by atoms with E-state index in [1.165, 1.54) is 13.2 Å². The Morgan fingerprint density at radius 3 is 2.44 bits per heavy atom. The summed E-state index contributed by atoms with van der Waals surface area (Å²) in [6, 6.07) is 18.5. The van der Waals surface area contributed by atoms with Crippen LogP contribution in [0.15, 0.2) is 60.2 Å². The number of hydrogen-bond donors (Lipinski definition) is 2. The minimum Gasteiger partial charge on any atom is -0.493 e. The quantitative estimate of drug-likeness (QED) is 0.195. The Labute approximate surface area is 224 Å². The molecule has 2 amide bonds. The number of carbonyl (C=O) groups is 2. The van der Waals surface area contributed by atoms with Crippen LogP contribution in [-0.4, -0.2) is 25.5 Å². The molecular weight excluding hydrogens is 569 g/mol. The summed E-state index contributed by atoms with van der Waals surface area (Å²) in [6.45, 7) is 5.60. The maximum Gasteiger partial charge on any atom is 0.266 e. The van der Waals surface area contributed by atoms with Gasteiger partial charge in [0.15, 0.2) is 18.1 Å². The number of nitrogens with zero attached hydrogens (tertiary/aromatic N) is 1. The fourth-order valence-corrected chi connectivity index (χ4v) is 4.26. The van der Waals surface area contributed by atoms with Crippen molar-refractivity contribution in [1.29, 1.82) is 5.26 Å². The molecule has 0 saturated carbocycles. The van der Waals surface area contributed by atoms with Gasteiger partial charge in [0.2, 0.25) is 0 Å². The lowest BCUT2D eigenvalue weighted by Gasteiger charge is -2.14. The summed E-state index contributed by atoms with van der Waals surface area (Å²) < 4.78 is 11.9. The zero-order valence-electron chi connectivity index (χ0n) is 20.4. The second kappa shape index (κ2) is 12.2. The summed E-state index contributed by atoms with van der Waals surface area (Å²) in [6.07, 6.45) is 1.48. The maximum absolute atomic E-state index is 12.7. The third kappa shape index (κ3) is 7.09. The van der Waals surface area contributed by atoms with Gasteiger partial charge < -0.3 is 20.1 Å². The summed E-state index contributed by atoms with van der Waals surface area (Å²) in [5, 5.41) is 15.2. The number of hydrogen-bond acceptors (Lipinski definition) is 5. The molecule has 7 nitrogen and oxygen atoms in total. The molecule has 0 unspecified atom stereocenters. The average Bonchev–Trinajstić information content (AvgIpc) is 2.83. The smallest absolute Gasteiger partial charge is 0.266 e. The van der Waals surface area contributed by atoms with Crippen molar-refractivity contribution in [2.75, 3.05) is 24.4 Å². The van der Waals surface area contributed by atoms with Gasteiger partial charge in [0, 0.05) is 11.4 Å². The maximum atomic E-state index is 12.7. The molecule has 0 bridgehead atoms. The van der Waals surface area contributed by atoms with Crippen LogP contribution >= 0.6 is 22.6 Å². The number of aryl methyl sites for hydroxylation is 3. The molecule has 0 radical (unpaired) electrons. The first kappa shape index (κ1) is 26.8. The van der Waals surface area contributed by atoms with E-state index in [1.807, 2.05) is 63.2 Å². The van der Waals surface area contributed by atoms with Gasteiger partial charge in [0.1, 0.15) is 11.6 Å². The lowest BCUT2D eigenvalue weighted by molar-refractivity contribution is -0.118. The first-order valence-electron chi connectivity index (χ1n) is 11.1. The Kier molecular flexibility index (Phi) is 9.08. The molecule has 3 rings (SSSR count). The molecule has 2 N–H and O–H groups in total. The van der Waals surface area contributed by atoms with E-state index in [4.69, 9.17) is 9.47 Å². The summed E-state index contributed by atoms with van der Waals surface area (Å²) >= 11 is 2.06. The third-order valence-electron chi connectivity index (χ3n) is 5.21. The molecule has 0 fully saturated rings. The van der Waals surface area contributed by atoms with Gasteiger partial charge in [-0.15, -0.1) is 0 Å². The van der Waals surface area contributed by atoms with Crippen molar-refractivity contribution < 1.29 is 19.1 Å². The minimum atomic E-state index is -0.508. The molecular formula is C28H26IN3O4. The second-order valence-corrected chi connectivity index (χ2v) is 9.34. The fourth-order valence-electron chi connectivity index (χ4n) is 3.48. The first-order chi connectivity index (χ1) is 17.2. The van der Waals surface area contributed by atoms with E-state index in [0.717, 1.165) is 16.7 Å². The number of anilines is 2. The van der Waals surface area contributed by atoms with Gasteiger partial charge in [0.05, 0.1) is 10.7 Å². The zero-order valence-corrected chi connectivity index (χ0v) is 22.6. The van der Waals surface area contributed by atoms with Crippen LogP contribution in [0, 0.1) is 35.7 Å². The van der Waals surface area contributed by atoms with E-state index in [1.54, 1.807) is 18.2 Å². The van der Waals surface area contributed by atoms with Crippen molar-refractivity contribution in [3.8, 4) is 17.6 Å². The number of methoxy groups -OCH3 is 1. The fraction of sp³-hybridized carbons (Fsp3) is 0.179. The monoisotopic (exact) mass is 595 g/mol. The molecule has 0 heterocycles. The highest BCUT2D eigenvalue weighted by molar-refractivity contribution is 14.1. The van der Waals surface area contributed by atoms with E-state index < -0.39 is 5.91 Å². The molecule has 0 spiro atoms. The molecule has 0 aliphatic rings. The lowest BCUT2D eigenvalue weighted by atomic mass is 10.1. The zero-order chi connectivity index (χ0) is 26.2. The van der Waals surface area contributed by atoms with Crippen LogP contribution in [-0.2, 0) is 9.59 Å². The highest BCUT2D eigenvalue weighted by Gasteiger charge is 2.16. The number of nitriles is 1. The molecule has 3 aromatic rings. The van der Waals surface area contributed by atoms with Crippen LogP contribution < -0.4 is 20.1 Å². The third-order valence-corrected chi connectivity index (χ3v) is 6.01. The number of nitrogens with one attached hydrogen (secondary N) is 2.